The number of amides is 2. The lowest BCUT2D eigenvalue weighted by Gasteiger charge is -2.25. The van der Waals surface area contributed by atoms with Gasteiger partial charge in [0.2, 0.25) is 0 Å². The second kappa shape index (κ2) is 5.62. The Balaban J connectivity index is 1.86. The van der Waals surface area contributed by atoms with E-state index in [0.717, 1.165) is 30.8 Å². The van der Waals surface area contributed by atoms with E-state index < -0.39 is 5.97 Å². The molecule has 96 valence electrons. The van der Waals surface area contributed by atoms with Gasteiger partial charge in [0.1, 0.15) is 0 Å². The molecule has 0 aliphatic carbocycles. The van der Waals surface area contributed by atoms with Crippen molar-refractivity contribution in [3.05, 3.63) is 0 Å². The van der Waals surface area contributed by atoms with Crippen LogP contribution in [0.15, 0.2) is 0 Å². The number of hydrogen-bond donors (Lipinski definition) is 2. The second-order valence-electron chi connectivity index (χ2n) is 4.60. The maximum absolute atomic E-state index is 12.0. The zero-order chi connectivity index (χ0) is 12.3. The largest absolute Gasteiger partial charge is 0.481 e. The molecule has 0 saturated carbocycles. The lowest BCUT2D eigenvalue weighted by molar-refractivity contribution is -0.137. The van der Waals surface area contributed by atoms with Crippen LogP contribution in [0.2, 0.25) is 0 Å². The molecule has 17 heavy (non-hydrogen) atoms. The highest BCUT2D eigenvalue weighted by molar-refractivity contribution is 7.99. The molecule has 2 aliphatic rings. The van der Waals surface area contributed by atoms with Crippen molar-refractivity contribution in [2.75, 3.05) is 18.1 Å². The standard InChI is InChI=1S/C11H18N2O3S/c14-10(15)6-9-2-1-4-13(9)11(16)12-8-3-5-17-7-8/h8-9H,1-7H2,(H,12,16)(H,14,15). The van der Waals surface area contributed by atoms with Crippen LogP contribution in [0.25, 0.3) is 0 Å². The summed E-state index contributed by atoms with van der Waals surface area (Å²) in [4.78, 5) is 24.4. The fourth-order valence-corrected chi connectivity index (χ4v) is 3.58. The lowest BCUT2D eigenvalue weighted by Crippen LogP contribution is -2.47. The van der Waals surface area contributed by atoms with Gasteiger partial charge in [-0.15, -0.1) is 0 Å². The number of urea groups is 1. The maximum Gasteiger partial charge on any atom is 0.317 e. The Morgan fingerprint density at radius 2 is 2.24 bits per heavy atom. The Bertz CT molecular complexity index is 305. The molecule has 5 nitrogen and oxygen atoms in total. The molecule has 2 atom stereocenters. The molecule has 0 aromatic rings. The van der Waals surface area contributed by atoms with E-state index in [4.69, 9.17) is 5.11 Å². The van der Waals surface area contributed by atoms with Gasteiger partial charge in [-0.25, -0.2) is 4.79 Å². The van der Waals surface area contributed by atoms with Gasteiger partial charge in [-0.2, -0.15) is 11.8 Å². The minimum Gasteiger partial charge on any atom is -0.481 e. The van der Waals surface area contributed by atoms with Gasteiger partial charge >= 0.3 is 12.0 Å². The first-order chi connectivity index (χ1) is 8.16. The summed E-state index contributed by atoms with van der Waals surface area (Å²) in [5.41, 5.74) is 0. The number of aliphatic carboxylic acids is 1. The fourth-order valence-electron chi connectivity index (χ4n) is 2.42. The van der Waals surface area contributed by atoms with Gasteiger partial charge in [0, 0.05) is 24.4 Å². The number of carbonyl (C=O) groups excluding carboxylic acids is 1. The molecule has 2 aliphatic heterocycles. The minimum absolute atomic E-state index is 0.0623. The molecule has 2 rings (SSSR count). The molecule has 2 N–H and O–H groups in total. The molecule has 0 spiro atoms. The van der Waals surface area contributed by atoms with E-state index in [9.17, 15) is 9.59 Å². The number of nitrogens with zero attached hydrogens (tertiary/aromatic N) is 1. The van der Waals surface area contributed by atoms with Gasteiger partial charge in [-0.3, -0.25) is 4.79 Å². The molecular weight excluding hydrogens is 240 g/mol. The number of carboxylic acids is 1. The van der Waals surface area contributed by atoms with Crippen molar-refractivity contribution in [2.45, 2.75) is 37.8 Å². The molecule has 2 heterocycles. The molecule has 0 aromatic heterocycles. The highest BCUT2D eigenvalue weighted by Gasteiger charge is 2.31. The first-order valence-electron chi connectivity index (χ1n) is 6.03. The zero-order valence-electron chi connectivity index (χ0n) is 9.72. The molecule has 2 amide bonds. The van der Waals surface area contributed by atoms with Gasteiger partial charge in [-0.05, 0) is 25.0 Å². The molecule has 2 saturated heterocycles. The van der Waals surface area contributed by atoms with E-state index in [1.807, 2.05) is 11.8 Å². The minimum atomic E-state index is -0.828. The Labute approximate surface area is 105 Å². The summed E-state index contributed by atoms with van der Waals surface area (Å²) in [6, 6.07) is 0.0568. The SMILES string of the molecule is O=C(O)CC1CCCN1C(=O)NC1CCSC1. The number of thioether (sulfide) groups is 1. The first-order valence-corrected chi connectivity index (χ1v) is 7.19. The Hall–Kier alpha value is -0.910. The van der Waals surface area contributed by atoms with E-state index in [2.05, 4.69) is 5.32 Å². The van der Waals surface area contributed by atoms with Crippen LogP contribution in [0.4, 0.5) is 4.79 Å². The topological polar surface area (TPSA) is 69.6 Å². The normalized spacial score (nSPS) is 28.4. The third-order valence-corrected chi connectivity index (χ3v) is 4.47. The summed E-state index contributed by atoms with van der Waals surface area (Å²) >= 11 is 1.85. The average Bonchev–Trinajstić information content (AvgIpc) is 2.87. The number of rotatable bonds is 3. The molecule has 2 fully saturated rings. The quantitative estimate of drug-likeness (QED) is 0.796. The van der Waals surface area contributed by atoms with Crippen molar-refractivity contribution in [3.63, 3.8) is 0 Å². The number of carbonyl (C=O) groups is 2. The highest BCUT2D eigenvalue weighted by atomic mass is 32.2. The Morgan fingerprint density at radius 3 is 2.88 bits per heavy atom. The summed E-state index contributed by atoms with van der Waals surface area (Å²) in [5, 5.41) is 11.8. The number of nitrogens with one attached hydrogen (secondary N) is 1. The third-order valence-electron chi connectivity index (χ3n) is 3.31. The molecule has 0 bridgehead atoms. The third kappa shape index (κ3) is 3.28. The Kier molecular flexibility index (Phi) is 4.15. The number of carboxylic acid groups (broad SMARTS) is 1. The maximum atomic E-state index is 12.0. The van der Waals surface area contributed by atoms with Crippen LogP contribution in [0.1, 0.15) is 25.7 Å². The average molecular weight is 258 g/mol. The fraction of sp³-hybridized carbons (Fsp3) is 0.818. The summed E-state index contributed by atoms with van der Waals surface area (Å²) in [6.45, 7) is 0.684. The van der Waals surface area contributed by atoms with Gasteiger partial charge < -0.3 is 15.3 Å². The van der Waals surface area contributed by atoms with Crippen molar-refractivity contribution in [3.8, 4) is 0 Å². The van der Waals surface area contributed by atoms with Crippen LogP contribution in [-0.2, 0) is 4.79 Å². The second-order valence-corrected chi connectivity index (χ2v) is 5.75. The zero-order valence-corrected chi connectivity index (χ0v) is 10.5. The lowest BCUT2D eigenvalue weighted by atomic mass is 10.1. The van der Waals surface area contributed by atoms with Crippen LogP contribution < -0.4 is 5.32 Å². The van der Waals surface area contributed by atoms with E-state index >= 15 is 0 Å². The van der Waals surface area contributed by atoms with Crippen LogP contribution in [0.5, 0.6) is 0 Å². The van der Waals surface area contributed by atoms with Crippen molar-refractivity contribution < 1.29 is 14.7 Å². The monoisotopic (exact) mass is 258 g/mol. The van der Waals surface area contributed by atoms with Gasteiger partial charge in [0.25, 0.3) is 0 Å². The molecule has 6 heteroatoms. The number of hydrogen-bond acceptors (Lipinski definition) is 3. The molecule has 2 unspecified atom stereocenters. The van der Waals surface area contributed by atoms with Gasteiger partial charge in [0.15, 0.2) is 0 Å². The summed E-state index contributed by atoms with van der Waals surface area (Å²) in [6.07, 6.45) is 2.80. The van der Waals surface area contributed by atoms with Gasteiger partial charge in [-0.1, -0.05) is 0 Å². The van der Waals surface area contributed by atoms with Crippen LogP contribution in [0.3, 0.4) is 0 Å². The summed E-state index contributed by atoms with van der Waals surface area (Å²) in [7, 11) is 0. The van der Waals surface area contributed by atoms with Crippen LogP contribution in [-0.4, -0.2) is 52.1 Å². The van der Waals surface area contributed by atoms with Gasteiger partial charge in [0.05, 0.1) is 6.42 Å². The van der Waals surface area contributed by atoms with E-state index in [0.29, 0.717) is 6.54 Å². The van der Waals surface area contributed by atoms with E-state index in [1.54, 1.807) is 4.90 Å². The summed E-state index contributed by atoms with van der Waals surface area (Å²) < 4.78 is 0. The van der Waals surface area contributed by atoms with E-state index in [-0.39, 0.29) is 24.5 Å². The highest BCUT2D eigenvalue weighted by Crippen LogP contribution is 2.22. The van der Waals surface area contributed by atoms with Crippen molar-refractivity contribution >= 4 is 23.8 Å². The van der Waals surface area contributed by atoms with Crippen molar-refractivity contribution in [1.29, 1.82) is 0 Å². The van der Waals surface area contributed by atoms with Crippen molar-refractivity contribution in [1.82, 2.24) is 10.2 Å². The first kappa shape index (κ1) is 12.5. The smallest absolute Gasteiger partial charge is 0.317 e. The predicted molar refractivity (Wildman–Crippen MR) is 66.2 cm³/mol. The molecule has 0 radical (unpaired) electrons. The van der Waals surface area contributed by atoms with Crippen LogP contribution in [0, 0.1) is 0 Å². The van der Waals surface area contributed by atoms with E-state index in [1.165, 1.54) is 0 Å². The van der Waals surface area contributed by atoms with Crippen LogP contribution >= 0.6 is 11.8 Å². The Morgan fingerprint density at radius 1 is 1.41 bits per heavy atom. The predicted octanol–water partition coefficient (Wildman–Crippen LogP) is 1.14. The molecule has 0 aromatic carbocycles. The molecular formula is C11H18N2O3S. The number of likely N-dealkylation sites (tertiary alicyclic amines) is 1. The summed E-state index contributed by atoms with van der Waals surface area (Å²) in [5.74, 6) is 1.25. The van der Waals surface area contributed by atoms with Crippen molar-refractivity contribution in [2.24, 2.45) is 0 Å².